The number of hydrogen-bond acceptors (Lipinski definition) is 7. The van der Waals surface area contributed by atoms with Crippen molar-refractivity contribution in [2.24, 2.45) is 0 Å². The molecule has 0 aromatic rings. The molecule has 1 fully saturated rings. The van der Waals surface area contributed by atoms with Crippen LogP contribution >= 0.6 is 36.6 Å². The van der Waals surface area contributed by atoms with Crippen LogP contribution in [0.2, 0.25) is 0 Å². The van der Waals surface area contributed by atoms with Gasteiger partial charge < -0.3 is 44.2 Å². The van der Waals surface area contributed by atoms with Crippen LogP contribution < -0.4 is 39.4 Å². The summed E-state index contributed by atoms with van der Waals surface area (Å²) in [6.45, 7) is 12.8. The number of halogens is 4. The number of carbonyl (C=O) groups excluding carboxylic acids is 4. The van der Waals surface area contributed by atoms with Gasteiger partial charge in [0, 0.05) is 45.7 Å². The predicted octanol–water partition coefficient (Wildman–Crippen LogP) is 9.43. The topological polar surface area (TPSA) is 165 Å². The molecule has 1 saturated heterocycles. The minimum atomic E-state index is -0.503. The van der Waals surface area contributed by atoms with E-state index in [9.17, 15) is 19.2 Å². The van der Waals surface area contributed by atoms with Crippen molar-refractivity contribution in [3.63, 3.8) is 0 Å². The highest BCUT2D eigenvalue weighted by Crippen LogP contribution is 2.13. The Balaban J connectivity index is -0.000000646. The van der Waals surface area contributed by atoms with E-state index in [2.05, 4.69) is 79.8 Å². The molecule has 0 aromatic carbocycles. The van der Waals surface area contributed by atoms with Crippen LogP contribution in [-0.2, 0) is 19.2 Å². The fourth-order valence-electron chi connectivity index (χ4n) is 8.58. The monoisotopic (exact) mass is 1100 g/mol. The van der Waals surface area contributed by atoms with Crippen LogP contribution in [0.5, 0.6) is 0 Å². The minimum Gasteiger partial charge on any atom is -1.00 e. The zero-order valence-corrected chi connectivity index (χ0v) is 49.6. The smallest absolute Gasteiger partial charge is 0.243 e. The lowest BCUT2D eigenvalue weighted by Gasteiger charge is -2.34. The quantitative estimate of drug-likeness (QED) is 0.0299. The van der Waals surface area contributed by atoms with Crippen LogP contribution in [0.3, 0.4) is 0 Å². The normalized spacial score (nSPS) is 13.6. The van der Waals surface area contributed by atoms with Crippen LogP contribution in [0.15, 0.2) is 24.3 Å². The van der Waals surface area contributed by atoms with E-state index in [1.165, 1.54) is 128 Å². The Morgan fingerprint density at radius 3 is 1.32 bits per heavy atom. The Morgan fingerprint density at radius 1 is 0.542 bits per heavy atom. The van der Waals surface area contributed by atoms with Gasteiger partial charge in [0.05, 0.1) is 19.3 Å². The zero-order chi connectivity index (χ0) is 50.7. The molecule has 0 unspecified atom stereocenters. The molecule has 12 nitrogen and oxygen atoms in total. The fourth-order valence-corrected chi connectivity index (χ4v) is 8.70. The van der Waals surface area contributed by atoms with Crippen LogP contribution in [0.25, 0.3) is 4.84 Å². The largest absolute Gasteiger partial charge is 1.00 e. The van der Waals surface area contributed by atoms with E-state index in [1.807, 2.05) is 7.05 Å². The number of nitrogens with one attached hydrogen (secondary N) is 4. The second kappa shape index (κ2) is 60.4. The number of hydrogen-bond donors (Lipinski definition) is 5. The zero-order valence-electron chi connectivity index (χ0n) is 46.4. The number of amides is 3. The van der Waals surface area contributed by atoms with Gasteiger partial charge in [-0.15, -0.1) is 31.4 Å². The maximum absolute atomic E-state index is 12.9. The molecule has 0 aromatic heterocycles. The predicted molar refractivity (Wildman–Crippen MR) is 308 cm³/mol. The van der Waals surface area contributed by atoms with Gasteiger partial charge >= 0.3 is 0 Å². The summed E-state index contributed by atoms with van der Waals surface area (Å²) < 4.78 is 0. The van der Waals surface area contributed by atoms with Crippen molar-refractivity contribution in [1.29, 1.82) is 0 Å². The first-order valence-corrected chi connectivity index (χ1v) is 28.9. The van der Waals surface area contributed by atoms with E-state index in [-0.39, 0.29) is 66.8 Å². The van der Waals surface area contributed by atoms with Crippen molar-refractivity contribution in [3.05, 3.63) is 29.1 Å². The Labute approximate surface area is 466 Å². The van der Waals surface area contributed by atoms with Gasteiger partial charge in [0.25, 0.3) is 0 Å². The number of ketones is 1. The maximum Gasteiger partial charge on any atom is 0.243 e. The second-order valence-electron chi connectivity index (χ2n) is 19.7. The van der Waals surface area contributed by atoms with Crippen LogP contribution in [-0.4, -0.2) is 105 Å². The highest BCUT2D eigenvalue weighted by molar-refractivity contribution is 6.24. The first kappa shape index (κ1) is 77.0. The van der Waals surface area contributed by atoms with Gasteiger partial charge in [0.15, 0.2) is 5.78 Å². The van der Waals surface area contributed by atoms with Crippen molar-refractivity contribution in [2.45, 2.75) is 251 Å². The van der Waals surface area contributed by atoms with Crippen LogP contribution in [0.4, 0.5) is 0 Å². The van der Waals surface area contributed by atoms with Gasteiger partial charge in [-0.1, -0.05) is 154 Å². The summed E-state index contributed by atoms with van der Waals surface area (Å²) in [5.74, 6) is -0.0386. The van der Waals surface area contributed by atoms with Crippen molar-refractivity contribution in [1.82, 2.24) is 31.1 Å². The molecule has 1 heterocycles. The first-order chi connectivity index (χ1) is 33.7. The van der Waals surface area contributed by atoms with Crippen LogP contribution in [0, 0.1) is 0 Å². The molecular weight excluding hydrogens is 990 g/mol. The molecule has 2 atom stereocenters. The molecule has 16 heteroatoms. The summed E-state index contributed by atoms with van der Waals surface area (Å²) in [5, 5.41) is 12.1. The standard InChI is InChI=1S/C31H60ClN6O2.C25H48N2O2.3ClH/c1-3-4-5-6-7-8-9-10-11-12-13-14-15-16-17-21-30(39)36-29(20-18-19-22-35-32)31(40)34-28-38-25-23-37(24-26-38)27-33-2;1-3-4-5-6-7-8-9-10-11-12-13-14-15-16-17-21-25(29)27-24(23(2)28)20-18-19-22-26;;;/h10-11,29,33H,3-9,12-28H2,1-2H3,(H,34,40)(H,36,39);10-11,24H,3-9,12-22,26H2,1-2H3,(H,27,29);3*1H/q-1;;;;/b2*11-10-;;;/t29-;24-;;;/m00.../s1. The molecule has 72 heavy (non-hydrogen) atoms. The van der Waals surface area contributed by atoms with Crippen molar-refractivity contribution in [2.75, 3.05) is 59.7 Å². The third kappa shape index (κ3) is 52.0. The highest BCUT2D eigenvalue weighted by atomic mass is 35.5. The summed E-state index contributed by atoms with van der Waals surface area (Å²) in [6, 6.07) is -0.811. The van der Waals surface area contributed by atoms with Crippen molar-refractivity contribution < 1.29 is 37.3 Å². The number of nitrogens with zero attached hydrogens (tertiary/aromatic N) is 3. The second-order valence-corrected chi connectivity index (χ2v) is 19.9. The van der Waals surface area contributed by atoms with E-state index in [4.69, 9.17) is 11.8 Å². The fraction of sp³-hybridized carbons (Fsp3) is 0.857. The summed E-state index contributed by atoms with van der Waals surface area (Å²) in [5.41, 5.74) is 3.82. The first-order valence-electron chi connectivity index (χ1n) is 28.5. The Kier molecular flexibility index (Phi) is 64.6. The molecule has 1 rings (SSSR count). The number of rotatable bonds is 47. The lowest BCUT2D eigenvalue weighted by Crippen LogP contribution is -3.00. The SMILES string of the molecule is CCCCCCCC/C=C\CCCCCCCC(=O)N[C@@H](CCCC[N-]Cl)C(=O)NCN1CCN(CNC)CC1.CCCCCCCC/C=C\CCCCCCCC(=O)N[C@@H](CCCC[NH3+])C(C)=O.Cl.Cl.[Cl-]. The number of unbranched alkanes of at least 4 members (excludes halogenated alkanes) is 24. The molecule has 0 radical (unpaired) electrons. The Hall–Kier alpha value is -1.48. The average Bonchev–Trinajstić information content (AvgIpc) is 3.34. The van der Waals surface area contributed by atoms with Crippen molar-refractivity contribution >= 4 is 60.1 Å². The van der Waals surface area contributed by atoms with Gasteiger partial charge in [0.2, 0.25) is 17.7 Å². The molecule has 0 spiro atoms. The molecule has 0 saturated carbocycles. The van der Waals surface area contributed by atoms with Gasteiger partial charge in [-0.3, -0.25) is 40.8 Å². The van der Waals surface area contributed by atoms with Crippen LogP contribution in [0.1, 0.15) is 239 Å². The molecule has 1 aliphatic heterocycles. The number of Topliss-reactive ketones (excluding diaryl/α,β-unsaturated/α-hetero) is 1. The van der Waals surface area contributed by atoms with E-state index < -0.39 is 6.04 Å². The molecule has 7 N–H and O–H groups in total. The summed E-state index contributed by atoms with van der Waals surface area (Å²) in [7, 11) is 1.96. The Bertz CT molecular complexity index is 1260. The molecule has 3 amide bonds. The number of quaternary nitrogens is 1. The molecular formula is C56H111Cl4N8O4-. The summed E-state index contributed by atoms with van der Waals surface area (Å²) in [6.07, 6.45) is 47.7. The molecule has 0 aliphatic carbocycles. The average molecular weight is 1100 g/mol. The van der Waals surface area contributed by atoms with E-state index >= 15 is 0 Å². The molecule has 1 aliphatic rings. The third-order valence-electron chi connectivity index (χ3n) is 13.1. The number of allylic oxidation sites excluding steroid dienone is 4. The maximum atomic E-state index is 12.9. The molecule has 428 valence electrons. The van der Waals surface area contributed by atoms with Gasteiger partial charge in [-0.2, -0.15) is 0 Å². The van der Waals surface area contributed by atoms with E-state index in [0.717, 1.165) is 110 Å². The lowest BCUT2D eigenvalue weighted by atomic mass is 10.0. The number of carbonyl (C=O) groups is 4. The summed E-state index contributed by atoms with van der Waals surface area (Å²) >= 11 is 5.44. The molecule has 0 bridgehead atoms. The minimum absolute atomic E-state index is 0. The van der Waals surface area contributed by atoms with E-state index in [0.29, 0.717) is 32.5 Å². The highest BCUT2D eigenvalue weighted by Gasteiger charge is 2.22. The number of piperazine rings is 1. The van der Waals surface area contributed by atoms with E-state index in [1.54, 1.807) is 6.92 Å². The lowest BCUT2D eigenvalue weighted by molar-refractivity contribution is -0.368. The third-order valence-corrected chi connectivity index (χ3v) is 13.3. The Morgan fingerprint density at radius 2 is 0.917 bits per heavy atom. The van der Waals surface area contributed by atoms with Crippen molar-refractivity contribution in [3.8, 4) is 0 Å². The summed E-state index contributed by atoms with van der Waals surface area (Å²) in [4.78, 5) is 57.5. The van der Waals surface area contributed by atoms with Gasteiger partial charge in [-0.05, 0) is 104 Å². The van der Waals surface area contributed by atoms with Gasteiger partial charge in [0.1, 0.15) is 6.04 Å². The van der Waals surface area contributed by atoms with Gasteiger partial charge in [-0.25, -0.2) is 0 Å².